The minimum absolute atomic E-state index is 0.467. The first-order valence-electron chi connectivity index (χ1n) is 8.09. The predicted octanol–water partition coefficient (Wildman–Crippen LogP) is 3.43. The van der Waals surface area contributed by atoms with Crippen molar-refractivity contribution >= 4 is 11.9 Å². The number of aromatic amines is 1. The molecule has 1 unspecified atom stereocenters. The van der Waals surface area contributed by atoms with Gasteiger partial charge < -0.3 is 10.1 Å². The lowest BCUT2D eigenvalue weighted by Crippen LogP contribution is -2.30. The summed E-state index contributed by atoms with van der Waals surface area (Å²) in [4.78, 5) is 11.8. The summed E-state index contributed by atoms with van der Waals surface area (Å²) >= 11 is 0. The van der Waals surface area contributed by atoms with Gasteiger partial charge in [0.1, 0.15) is 11.4 Å². The van der Waals surface area contributed by atoms with Gasteiger partial charge in [-0.15, -0.1) is 0 Å². The number of amides is 1. The number of nitrogens with zero attached hydrogens (tertiary/aromatic N) is 1. The lowest BCUT2D eigenvalue weighted by molar-refractivity contribution is 0.0635. The number of nitrogens with one attached hydrogen (secondary N) is 3. The maximum Gasteiger partial charge on any atom is 0.413 e. The highest BCUT2D eigenvalue weighted by atomic mass is 16.6. The summed E-state index contributed by atoms with van der Waals surface area (Å²) < 4.78 is 5.25. The van der Waals surface area contributed by atoms with Gasteiger partial charge in [0.25, 0.3) is 0 Å². The first-order chi connectivity index (χ1) is 10.3. The molecule has 1 heterocycles. The SMILES string of the molecule is CC(CC1CCC1)NCc1cn[nH]c1NC(=O)OC(C)(C)C. The van der Waals surface area contributed by atoms with Gasteiger partial charge in [0.2, 0.25) is 0 Å². The molecule has 0 saturated heterocycles. The van der Waals surface area contributed by atoms with Gasteiger partial charge in [0, 0.05) is 18.2 Å². The van der Waals surface area contributed by atoms with E-state index in [4.69, 9.17) is 4.74 Å². The fourth-order valence-corrected chi connectivity index (χ4v) is 2.56. The van der Waals surface area contributed by atoms with Gasteiger partial charge in [-0.2, -0.15) is 5.10 Å². The van der Waals surface area contributed by atoms with Crippen molar-refractivity contribution in [2.75, 3.05) is 5.32 Å². The van der Waals surface area contributed by atoms with Crippen LogP contribution in [0.4, 0.5) is 10.6 Å². The average Bonchev–Trinajstić information content (AvgIpc) is 2.76. The highest BCUT2D eigenvalue weighted by Crippen LogP contribution is 2.30. The first-order valence-corrected chi connectivity index (χ1v) is 8.09. The number of carbonyl (C=O) groups excluding carboxylic acids is 1. The largest absolute Gasteiger partial charge is 0.444 e. The molecule has 0 bridgehead atoms. The van der Waals surface area contributed by atoms with Crippen molar-refractivity contribution in [2.45, 2.75) is 71.6 Å². The normalized spacial score (nSPS) is 16.9. The monoisotopic (exact) mass is 308 g/mol. The fraction of sp³-hybridized carbons (Fsp3) is 0.750. The van der Waals surface area contributed by atoms with E-state index in [-0.39, 0.29) is 0 Å². The first kappa shape index (κ1) is 16.8. The van der Waals surface area contributed by atoms with E-state index >= 15 is 0 Å². The third-order valence-corrected chi connectivity index (χ3v) is 3.90. The maximum atomic E-state index is 11.8. The second kappa shape index (κ2) is 7.13. The van der Waals surface area contributed by atoms with Crippen LogP contribution >= 0.6 is 0 Å². The van der Waals surface area contributed by atoms with Gasteiger partial charge in [-0.25, -0.2) is 4.79 Å². The Balaban J connectivity index is 1.79. The standard InChI is InChI=1S/C16H28N4O2/c1-11(8-12-6-5-7-12)17-9-13-10-18-20-14(13)19-15(21)22-16(2,3)4/h10-12,17H,5-9H2,1-4H3,(H2,18,19,20,21). The van der Waals surface area contributed by atoms with Gasteiger partial charge >= 0.3 is 6.09 Å². The molecule has 1 fully saturated rings. The molecule has 6 nitrogen and oxygen atoms in total. The molecular weight excluding hydrogens is 280 g/mol. The molecular formula is C16H28N4O2. The molecule has 1 aliphatic rings. The minimum Gasteiger partial charge on any atom is -0.444 e. The Morgan fingerprint density at radius 3 is 2.82 bits per heavy atom. The molecule has 2 rings (SSSR count). The number of hydrogen-bond acceptors (Lipinski definition) is 4. The van der Waals surface area contributed by atoms with Crippen molar-refractivity contribution in [1.82, 2.24) is 15.5 Å². The van der Waals surface area contributed by atoms with Crippen LogP contribution in [0.3, 0.4) is 0 Å². The Bertz CT molecular complexity index is 489. The third kappa shape index (κ3) is 5.33. The molecule has 1 atom stereocenters. The number of aromatic nitrogens is 2. The molecule has 1 saturated carbocycles. The molecule has 6 heteroatoms. The Kier molecular flexibility index (Phi) is 5.45. The number of anilines is 1. The van der Waals surface area contributed by atoms with E-state index in [9.17, 15) is 4.79 Å². The number of hydrogen-bond donors (Lipinski definition) is 3. The molecule has 22 heavy (non-hydrogen) atoms. The molecule has 1 aromatic rings. The Labute approximate surface area is 132 Å². The second-order valence-electron chi connectivity index (χ2n) is 7.21. The third-order valence-electron chi connectivity index (χ3n) is 3.90. The Morgan fingerprint density at radius 2 is 2.23 bits per heavy atom. The zero-order valence-electron chi connectivity index (χ0n) is 14.0. The van der Waals surface area contributed by atoms with Crippen molar-refractivity contribution in [2.24, 2.45) is 5.92 Å². The van der Waals surface area contributed by atoms with E-state index in [1.165, 1.54) is 25.7 Å². The summed E-state index contributed by atoms with van der Waals surface area (Å²) in [6.07, 6.45) is 6.58. The van der Waals surface area contributed by atoms with Crippen molar-refractivity contribution in [3.8, 4) is 0 Å². The van der Waals surface area contributed by atoms with Crippen LogP contribution in [0, 0.1) is 5.92 Å². The maximum absolute atomic E-state index is 11.8. The summed E-state index contributed by atoms with van der Waals surface area (Å²) in [5, 5.41) is 13.0. The minimum atomic E-state index is -0.514. The van der Waals surface area contributed by atoms with E-state index in [1.807, 2.05) is 20.8 Å². The molecule has 0 spiro atoms. The van der Waals surface area contributed by atoms with E-state index < -0.39 is 11.7 Å². The van der Waals surface area contributed by atoms with Crippen molar-refractivity contribution in [1.29, 1.82) is 0 Å². The smallest absolute Gasteiger partial charge is 0.413 e. The molecule has 1 aliphatic carbocycles. The second-order valence-corrected chi connectivity index (χ2v) is 7.21. The van der Waals surface area contributed by atoms with E-state index in [0.29, 0.717) is 18.4 Å². The quantitative estimate of drug-likeness (QED) is 0.752. The number of rotatable bonds is 6. The molecule has 1 amide bonds. The molecule has 3 N–H and O–H groups in total. The van der Waals surface area contributed by atoms with E-state index in [0.717, 1.165) is 11.5 Å². The summed E-state index contributed by atoms with van der Waals surface area (Å²) in [6.45, 7) is 8.40. The van der Waals surface area contributed by atoms with Crippen LogP contribution in [0.1, 0.15) is 58.9 Å². The zero-order chi connectivity index (χ0) is 16.2. The van der Waals surface area contributed by atoms with Crippen LogP contribution in [-0.4, -0.2) is 27.9 Å². The molecule has 0 aliphatic heterocycles. The van der Waals surface area contributed by atoms with Crippen LogP contribution < -0.4 is 10.6 Å². The lowest BCUT2D eigenvalue weighted by atomic mass is 9.81. The van der Waals surface area contributed by atoms with Crippen LogP contribution in [0.5, 0.6) is 0 Å². The number of ether oxygens (including phenoxy) is 1. The predicted molar refractivity (Wildman–Crippen MR) is 86.7 cm³/mol. The Hall–Kier alpha value is -1.56. The van der Waals surface area contributed by atoms with Gasteiger partial charge in [-0.3, -0.25) is 10.4 Å². The van der Waals surface area contributed by atoms with Gasteiger partial charge in [-0.05, 0) is 40.0 Å². The van der Waals surface area contributed by atoms with E-state index in [2.05, 4.69) is 27.8 Å². The van der Waals surface area contributed by atoms with Gasteiger partial charge in [-0.1, -0.05) is 19.3 Å². The average molecular weight is 308 g/mol. The topological polar surface area (TPSA) is 79.0 Å². The van der Waals surface area contributed by atoms with Gasteiger partial charge in [0.15, 0.2) is 0 Å². The fourth-order valence-electron chi connectivity index (χ4n) is 2.56. The summed E-state index contributed by atoms with van der Waals surface area (Å²) in [6, 6.07) is 0.467. The van der Waals surface area contributed by atoms with Crippen LogP contribution in [-0.2, 0) is 11.3 Å². The lowest BCUT2D eigenvalue weighted by Gasteiger charge is -2.28. The number of carbonyl (C=O) groups is 1. The summed E-state index contributed by atoms with van der Waals surface area (Å²) in [5.41, 5.74) is 0.422. The number of H-pyrrole nitrogens is 1. The van der Waals surface area contributed by atoms with Crippen LogP contribution in [0.15, 0.2) is 6.20 Å². The van der Waals surface area contributed by atoms with E-state index in [1.54, 1.807) is 6.20 Å². The van der Waals surface area contributed by atoms with Crippen molar-refractivity contribution in [3.05, 3.63) is 11.8 Å². The van der Waals surface area contributed by atoms with Crippen molar-refractivity contribution in [3.63, 3.8) is 0 Å². The highest BCUT2D eigenvalue weighted by molar-refractivity contribution is 5.84. The highest BCUT2D eigenvalue weighted by Gasteiger charge is 2.20. The van der Waals surface area contributed by atoms with Gasteiger partial charge in [0.05, 0.1) is 6.20 Å². The summed E-state index contributed by atoms with van der Waals surface area (Å²) in [5.74, 6) is 1.48. The molecule has 1 aromatic heterocycles. The zero-order valence-corrected chi connectivity index (χ0v) is 14.0. The molecule has 0 aromatic carbocycles. The molecule has 0 radical (unpaired) electrons. The van der Waals surface area contributed by atoms with Crippen LogP contribution in [0.25, 0.3) is 0 Å². The molecule has 124 valence electrons. The Morgan fingerprint density at radius 1 is 1.50 bits per heavy atom. The summed E-state index contributed by atoms with van der Waals surface area (Å²) in [7, 11) is 0. The van der Waals surface area contributed by atoms with Crippen LogP contribution in [0.2, 0.25) is 0 Å². The van der Waals surface area contributed by atoms with Crippen molar-refractivity contribution < 1.29 is 9.53 Å².